The lowest BCUT2D eigenvalue weighted by Crippen LogP contribution is -3.18. The van der Waals surface area contributed by atoms with Gasteiger partial charge in [0.05, 0.1) is 38.0 Å². The normalized spacial score (nSPS) is 25.4. The number of hydrogen-bond acceptors (Lipinski definition) is 2. The first-order valence-corrected chi connectivity index (χ1v) is 9.07. The van der Waals surface area contributed by atoms with Gasteiger partial charge in [-0.15, -0.1) is 0 Å². The summed E-state index contributed by atoms with van der Waals surface area (Å²) in [6.07, 6.45) is 7.53. The minimum atomic E-state index is -2.97. The van der Waals surface area contributed by atoms with E-state index in [9.17, 15) is 8.42 Å². The molecule has 1 saturated carbocycles. The summed E-state index contributed by atoms with van der Waals surface area (Å²) in [5.74, 6) is 0.311. The molecule has 0 spiro atoms. The van der Waals surface area contributed by atoms with Gasteiger partial charge in [0.25, 0.3) is 0 Å². The Morgan fingerprint density at radius 1 is 1.11 bits per heavy atom. The molecule has 106 valence electrons. The first kappa shape index (κ1) is 14.3. The maximum atomic E-state index is 12.0. The van der Waals surface area contributed by atoms with Crippen LogP contribution < -0.4 is 4.90 Å². The highest BCUT2D eigenvalue weighted by atomic mass is 32.2. The number of hydrogen-bond donors (Lipinski definition) is 1. The Kier molecular flexibility index (Phi) is 5.04. The van der Waals surface area contributed by atoms with Crippen molar-refractivity contribution in [3.8, 4) is 0 Å². The second kappa shape index (κ2) is 6.35. The van der Waals surface area contributed by atoms with Crippen LogP contribution in [0.4, 0.5) is 0 Å². The van der Waals surface area contributed by atoms with Crippen LogP contribution in [0.25, 0.3) is 0 Å². The van der Waals surface area contributed by atoms with Crippen molar-refractivity contribution >= 4 is 10.0 Å². The summed E-state index contributed by atoms with van der Waals surface area (Å²) in [6, 6.07) is 0.801. The van der Waals surface area contributed by atoms with E-state index >= 15 is 0 Å². The largest absolute Gasteiger partial charge is 0.330 e. The van der Waals surface area contributed by atoms with Crippen molar-refractivity contribution in [2.45, 2.75) is 51.5 Å². The van der Waals surface area contributed by atoms with Gasteiger partial charge < -0.3 is 4.90 Å². The van der Waals surface area contributed by atoms with E-state index in [0.717, 1.165) is 38.6 Å². The molecule has 0 radical (unpaired) electrons. The molecule has 1 aliphatic carbocycles. The Morgan fingerprint density at radius 3 is 2.28 bits per heavy atom. The van der Waals surface area contributed by atoms with E-state index in [1.807, 2.05) is 6.92 Å². The second-order valence-corrected chi connectivity index (χ2v) is 7.80. The van der Waals surface area contributed by atoms with Crippen LogP contribution in [0.1, 0.15) is 45.4 Å². The third-order valence-corrected chi connectivity index (χ3v) is 6.48. The highest BCUT2D eigenvalue weighted by molar-refractivity contribution is 7.89. The summed E-state index contributed by atoms with van der Waals surface area (Å²) >= 11 is 0. The van der Waals surface area contributed by atoms with E-state index in [1.165, 1.54) is 32.1 Å². The number of rotatable bonds is 4. The molecule has 4 nitrogen and oxygen atoms in total. The molecule has 0 atom stereocenters. The lowest BCUT2D eigenvalue weighted by molar-refractivity contribution is -0.930. The monoisotopic (exact) mass is 275 g/mol. The van der Waals surface area contributed by atoms with Crippen molar-refractivity contribution in [2.75, 3.05) is 31.9 Å². The molecule has 1 saturated heterocycles. The smallest absolute Gasteiger partial charge is 0.214 e. The Morgan fingerprint density at radius 2 is 1.72 bits per heavy atom. The van der Waals surface area contributed by atoms with E-state index in [-0.39, 0.29) is 0 Å². The third-order valence-electron chi connectivity index (χ3n) is 4.40. The zero-order valence-electron chi connectivity index (χ0n) is 11.5. The van der Waals surface area contributed by atoms with Gasteiger partial charge in [-0.3, -0.25) is 0 Å². The maximum absolute atomic E-state index is 12.0. The van der Waals surface area contributed by atoms with Crippen LogP contribution in [-0.4, -0.2) is 50.7 Å². The highest BCUT2D eigenvalue weighted by Gasteiger charge is 2.32. The van der Waals surface area contributed by atoms with E-state index in [2.05, 4.69) is 0 Å². The van der Waals surface area contributed by atoms with Crippen LogP contribution in [0.2, 0.25) is 0 Å². The molecule has 2 fully saturated rings. The molecule has 0 bridgehead atoms. The summed E-state index contributed by atoms with van der Waals surface area (Å²) < 4.78 is 25.7. The molecule has 2 aliphatic rings. The quantitative estimate of drug-likeness (QED) is 0.800. The Hall–Kier alpha value is -0.130. The first-order chi connectivity index (χ1) is 8.63. The number of piperazine rings is 1. The molecule has 5 heteroatoms. The number of nitrogens with zero attached hydrogens (tertiary/aromatic N) is 1. The van der Waals surface area contributed by atoms with Gasteiger partial charge in [0.15, 0.2) is 0 Å². The lowest BCUT2D eigenvalue weighted by Gasteiger charge is -2.37. The van der Waals surface area contributed by atoms with Crippen molar-refractivity contribution in [3.05, 3.63) is 0 Å². The summed E-state index contributed by atoms with van der Waals surface area (Å²) in [5, 5.41) is 0. The fourth-order valence-corrected chi connectivity index (χ4v) is 4.87. The van der Waals surface area contributed by atoms with Crippen molar-refractivity contribution in [2.24, 2.45) is 0 Å². The summed E-state index contributed by atoms with van der Waals surface area (Å²) in [4.78, 5) is 1.65. The first-order valence-electron chi connectivity index (χ1n) is 7.46. The average Bonchev–Trinajstić information content (AvgIpc) is 2.40. The van der Waals surface area contributed by atoms with Crippen LogP contribution in [0.3, 0.4) is 0 Å². The minimum absolute atomic E-state index is 0.311. The second-order valence-electron chi connectivity index (χ2n) is 5.71. The van der Waals surface area contributed by atoms with Crippen LogP contribution in [0.15, 0.2) is 0 Å². The number of sulfonamides is 1. The van der Waals surface area contributed by atoms with E-state index in [1.54, 1.807) is 9.21 Å². The summed E-state index contributed by atoms with van der Waals surface area (Å²) in [7, 11) is -2.97. The van der Waals surface area contributed by atoms with Crippen LogP contribution >= 0.6 is 0 Å². The van der Waals surface area contributed by atoms with Crippen LogP contribution in [0.5, 0.6) is 0 Å². The molecular weight excluding hydrogens is 248 g/mol. The van der Waals surface area contributed by atoms with Gasteiger partial charge >= 0.3 is 0 Å². The standard InChI is InChI=1S/C13H26N2O2S/c1-2-12-18(16,17)15-10-8-14(9-11-15)13-6-4-3-5-7-13/h13H,2-12H2,1H3/p+1. The van der Waals surface area contributed by atoms with E-state index < -0.39 is 10.0 Å². The maximum Gasteiger partial charge on any atom is 0.214 e. The molecule has 18 heavy (non-hydrogen) atoms. The van der Waals surface area contributed by atoms with Crippen molar-refractivity contribution in [3.63, 3.8) is 0 Å². The molecule has 1 heterocycles. The van der Waals surface area contributed by atoms with Crippen LogP contribution in [0, 0.1) is 0 Å². The third kappa shape index (κ3) is 3.45. The summed E-state index contributed by atoms with van der Waals surface area (Å²) in [5.41, 5.74) is 0. The van der Waals surface area contributed by atoms with Crippen molar-refractivity contribution in [1.82, 2.24) is 4.31 Å². The van der Waals surface area contributed by atoms with Gasteiger partial charge in [-0.1, -0.05) is 13.3 Å². The Bertz CT molecular complexity index is 342. The van der Waals surface area contributed by atoms with Gasteiger partial charge in [0.2, 0.25) is 10.0 Å². The molecule has 0 aromatic rings. The fraction of sp³-hybridized carbons (Fsp3) is 1.00. The minimum Gasteiger partial charge on any atom is -0.330 e. The van der Waals surface area contributed by atoms with Crippen LogP contribution in [-0.2, 0) is 10.0 Å². The van der Waals surface area contributed by atoms with Crippen molar-refractivity contribution < 1.29 is 13.3 Å². The molecular formula is C13H27N2O2S+. The number of nitrogens with one attached hydrogen (secondary N) is 1. The molecule has 0 aromatic heterocycles. The molecule has 2 rings (SSSR count). The molecule has 0 aromatic carbocycles. The highest BCUT2D eigenvalue weighted by Crippen LogP contribution is 2.16. The van der Waals surface area contributed by atoms with Gasteiger partial charge in [-0.2, -0.15) is 4.31 Å². The van der Waals surface area contributed by atoms with Gasteiger partial charge in [-0.25, -0.2) is 8.42 Å². The Balaban J connectivity index is 1.84. The SMILES string of the molecule is CCCS(=O)(=O)N1CC[NH+](C2CCCCC2)CC1. The topological polar surface area (TPSA) is 41.8 Å². The van der Waals surface area contributed by atoms with Crippen molar-refractivity contribution in [1.29, 1.82) is 0 Å². The fourth-order valence-electron chi connectivity index (χ4n) is 3.36. The number of quaternary nitrogens is 1. The zero-order chi connectivity index (χ0) is 13.0. The van der Waals surface area contributed by atoms with Gasteiger partial charge in [0.1, 0.15) is 0 Å². The molecule has 1 aliphatic heterocycles. The lowest BCUT2D eigenvalue weighted by atomic mass is 9.94. The average molecular weight is 275 g/mol. The molecule has 1 N–H and O–H groups in total. The predicted octanol–water partition coefficient (Wildman–Crippen LogP) is 0.259. The van der Waals surface area contributed by atoms with E-state index in [0.29, 0.717) is 5.75 Å². The predicted molar refractivity (Wildman–Crippen MR) is 73.2 cm³/mol. The van der Waals surface area contributed by atoms with Gasteiger partial charge in [-0.05, 0) is 32.1 Å². The van der Waals surface area contributed by atoms with E-state index in [4.69, 9.17) is 0 Å². The molecule has 0 unspecified atom stereocenters. The summed E-state index contributed by atoms with van der Waals surface area (Å²) in [6.45, 7) is 5.41. The zero-order valence-corrected chi connectivity index (χ0v) is 12.3. The van der Waals surface area contributed by atoms with Gasteiger partial charge in [0, 0.05) is 0 Å². The molecule has 0 amide bonds. The Labute approximate surface area is 111 Å².